The Morgan fingerprint density at radius 2 is 2.25 bits per heavy atom. The van der Waals surface area contributed by atoms with Crippen molar-refractivity contribution in [3.63, 3.8) is 0 Å². The van der Waals surface area contributed by atoms with Gasteiger partial charge in [-0.3, -0.25) is 9.97 Å². The standard InChI is InChI=1S/C12H19N3O/c1-10-7-14-12(8-13-10)9-15-11-3-2-5-16-6-4-11/h7-8,11,15H,2-6,9H2,1H3. The first-order valence-corrected chi connectivity index (χ1v) is 5.93. The zero-order valence-corrected chi connectivity index (χ0v) is 9.78. The third-order valence-corrected chi connectivity index (χ3v) is 2.86. The maximum absolute atomic E-state index is 5.42. The molecule has 0 radical (unpaired) electrons. The Balaban J connectivity index is 1.79. The van der Waals surface area contributed by atoms with Crippen molar-refractivity contribution in [2.24, 2.45) is 0 Å². The molecule has 0 spiro atoms. The average Bonchev–Trinajstić information content (AvgIpc) is 2.57. The van der Waals surface area contributed by atoms with Gasteiger partial charge in [0, 0.05) is 38.2 Å². The lowest BCUT2D eigenvalue weighted by molar-refractivity contribution is 0.142. The van der Waals surface area contributed by atoms with Gasteiger partial charge in [-0.25, -0.2) is 0 Å². The van der Waals surface area contributed by atoms with Gasteiger partial charge in [0.25, 0.3) is 0 Å². The molecule has 2 rings (SSSR count). The topological polar surface area (TPSA) is 47.0 Å². The van der Waals surface area contributed by atoms with Crippen LogP contribution in [0.25, 0.3) is 0 Å². The number of rotatable bonds is 3. The number of nitrogens with one attached hydrogen (secondary N) is 1. The Bertz CT molecular complexity index is 305. The van der Waals surface area contributed by atoms with Gasteiger partial charge >= 0.3 is 0 Å². The summed E-state index contributed by atoms with van der Waals surface area (Å²) < 4.78 is 5.42. The molecular weight excluding hydrogens is 202 g/mol. The van der Waals surface area contributed by atoms with E-state index in [4.69, 9.17) is 4.74 Å². The highest BCUT2D eigenvalue weighted by Gasteiger charge is 2.11. The monoisotopic (exact) mass is 221 g/mol. The summed E-state index contributed by atoms with van der Waals surface area (Å²) in [4.78, 5) is 8.56. The molecule has 1 aliphatic heterocycles. The van der Waals surface area contributed by atoms with Gasteiger partial charge in [-0.1, -0.05) is 0 Å². The minimum absolute atomic E-state index is 0.561. The lowest BCUT2D eigenvalue weighted by Crippen LogP contribution is -2.29. The zero-order valence-electron chi connectivity index (χ0n) is 9.78. The smallest absolute Gasteiger partial charge is 0.0724 e. The molecule has 1 aromatic rings. The second-order valence-corrected chi connectivity index (χ2v) is 4.27. The summed E-state index contributed by atoms with van der Waals surface area (Å²) in [7, 11) is 0. The highest BCUT2D eigenvalue weighted by molar-refractivity contribution is 5.00. The molecule has 0 saturated carbocycles. The zero-order chi connectivity index (χ0) is 11.2. The van der Waals surface area contributed by atoms with Crippen LogP contribution in [-0.2, 0) is 11.3 Å². The predicted octanol–water partition coefficient (Wildman–Crippen LogP) is 1.44. The van der Waals surface area contributed by atoms with Crippen LogP contribution in [0.1, 0.15) is 30.7 Å². The van der Waals surface area contributed by atoms with E-state index in [2.05, 4.69) is 15.3 Å². The molecular formula is C12H19N3O. The Kier molecular flexibility index (Phi) is 4.25. The molecule has 4 heteroatoms. The maximum Gasteiger partial charge on any atom is 0.0724 e. The summed E-state index contributed by atoms with van der Waals surface area (Å²) in [6, 6.07) is 0.561. The van der Waals surface area contributed by atoms with Gasteiger partial charge in [0.05, 0.1) is 11.4 Å². The first-order chi connectivity index (χ1) is 7.84. The van der Waals surface area contributed by atoms with Crippen molar-refractivity contribution in [1.29, 1.82) is 0 Å². The van der Waals surface area contributed by atoms with Gasteiger partial charge in [0.1, 0.15) is 0 Å². The minimum atomic E-state index is 0.561. The van der Waals surface area contributed by atoms with Gasteiger partial charge in [-0.15, -0.1) is 0 Å². The summed E-state index contributed by atoms with van der Waals surface area (Å²) in [6.45, 7) is 4.53. The van der Waals surface area contributed by atoms with Crippen LogP contribution in [0.5, 0.6) is 0 Å². The van der Waals surface area contributed by atoms with E-state index in [0.717, 1.165) is 44.0 Å². The van der Waals surface area contributed by atoms with Crippen molar-refractivity contribution in [3.05, 3.63) is 23.8 Å². The van der Waals surface area contributed by atoms with Crippen molar-refractivity contribution in [3.8, 4) is 0 Å². The molecule has 2 heterocycles. The van der Waals surface area contributed by atoms with Crippen LogP contribution in [0.15, 0.2) is 12.4 Å². The Labute approximate surface area is 96.4 Å². The number of hydrogen-bond acceptors (Lipinski definition) is 4. The Morgan fingerprint density at radius 3 is 3.06 bits per heavy atom. The lowest BCUT2D eigenvalue weighted by atomic mass is 10.1. The molecule has 1 aliphatic rings. The third-order valence-electron chi connectivity index (χ3n) is 2.86. The minimum Gasteiger partial charge on any atom is -0.381 e. The van der Waals surface area contributed by atoms with E-state index in [1.807, 2.05) is 19.3 Å². The molecule has 88 valence electrons. The molecule has 0 bridgehead atoms. The van der Waals surface area contributed by atoms with Crippen LogP contribution >= 0.6 is 0 Å². The predicted molar refractivity (Wildman–Crippen MR) is 62.1 cm³/mol. The van der Waals surface area contributed by atoms with E-state index in [0.29, 0.717) is 6.04 Å². The second-order valence-electron chi connectivity index (χ2n) is 4.27. The van der Waals surface area contributed by atoms with Gasteiger partial charge in [0.15, 0.2) is 0 Å². The van der Waals surface area contributed by atoms with Gasteiger partial charge in [-0.05, 0) is 26.2 Å². The van der Waals surface area contributed by atoms with Gasteiger partial charge in [0.2, 0.25) is 0 Å². The largest absolute Gasteiger partial charge is 0.381 e. The van der Waals surface area contributed by atoms with Crippen molar-refractivity contribution in [2.45, 2.75) is 38.8 Å². The number of ether oxygens (including phenoxy) is 1. The van der Waals surface area contributed by atoms with Gasteiger partial charge in [-0.2, -0.15) is 0 Å². The molecule has 1 atom stereocenters. The van der Waals surface area contributed by atoms with E-state index in [9.17, 15) is 0 Å². The van der Waals surface area contributed by atoms with Crippen LogP contribution in [0.2, 0.25) is 0 Å². The number of nitrogens with zero attached hydrogens (tertiary/aromatic N) is 2. The first kappa shape index (κ1) is 11.5. The summed E-state index contributed by atoms with van der Waals surface area (Å²) in [6.07, 6.45) is 7.10. The summed E-state index contributed by atoms with van der Waals surface area (Å²) in [5.74, 6) is 0. The van der Waals surface area contributed by atoms with Crippen molar-refractivity contribution >= 4 is 0 Å². The molecule has 1 aromatic heterocycles. The molecule has 1 N–H and O–H groups in total. The summed E-state index contributed by atoms with van der Waals surface area (Å²) >= 11 is 0. The SMILES string of the molecule is Cc1cnc(CNC2CCCOCC2)cn1. The molecule has 1 unspecified atom stereocenters. The van der Waals surface area contributed by atoms with Gasteiger partial charge < -0.3 is 10.1 Å². The van der Waals surface area contributed by atoms with E-state index < -0.39 is 0 Å². The lowest BCUT2D eigenvalue weighted by Gasteiger charge is -2.14. The van der Waals surface area contributed by atoms with E-state index in [1.54, 1.807) is 0 Å². The van der Waals surface area contributed by atoms with E-state index in [1.165, 1.54) is 6.42 Å². The molecule has 1 fully saturated rings. The molecule has 1 saturated heterocycles. The molecule has 4 nitrogen and oxygen atoms in total. The highest BCUT2D eigenvalue weighted by atomic mass is 16.5. The quantitative estimate of drug-likeness (QED) is 0.839. The molecule has 0 aliphatic carbocycles. The number of aryl methyl sites for hydroxylation is 1. The Hall–Kier alpha value is -1.00. The normalized spacial score (nSPS) is 21.7. The van der Waals surface area contributed by atoms with E-state index >= 15 is 0 Å². The fourth-order valence-corrected chi connectivity index (χ4v) is 1.87. The molecule has 0 amide bonds. The van der Waals surface area contributed by atoms with Crippen molar-refractivity contribution in [2.75, 3.05) is 13.2 Å². The van der Waals surface area contributed by atoms with Crippen LogP contribution in [0.3, 0.4) is 0 Å². The van der Waals surface area contributed by atoms with Crippen LogP contribution in [-0.4, -0.2) is 29.2 Å². The summed E-state index contributed by atoms with van der Waals surface area (Å²) in [5.41, 5.74) is 1.97. The summed E-state index contributed by atoms with van der Waals surface area (Å²) in [5, 5.41) is 3.51. The average molecular weight is 221 g/mol. The third kappa shape index (κ3) is 3.54. The van der Waals surface area contributed by atoms with Crippen LogP contribution < -0.4 is 5.32 Å². The fraction of sp³-hybridized carbons (Fsp3) is 0.667. The fourth-order valence-electron chi connectivity index (χ4n) is 1.87. The van der Waals surface area contributed by atoms with E-state index in [-0.39, 0.29) is 0 Å². The highest BCUT2D eigenvalue weighted by Crippen LogP contribution is 2.08. The van der Waals surface area contributed by atoms with Crippen molar-refractivity contribution in [1.82, 2.24) is 15.3 Å². The number of hydrogen-bond donors (Lipinski definition) is 1. The number of aromatic nitrogens is 2. The van der Waals surface area contributed by atoms with Crippen LogP contribution in [0, 0.1) is 6.92 Å². The first-order valence-electron chi connectivity index (χ1n) is 5.93. The molecule has 0 aromatic carbocycles. The molecule has 16 heavy (non-hydrogen) atoms. The Morgan fingerprint density at radius 1 is 1.31 bits per heavy atom. The van der Waals surface area contributed by atoms with Crippen LogP contribution in [0.4, 0.5) is 0 Å². The van der Waals surface area contributed by atoms with Crippen molar-refractivity contribution < 1.29 is 4.74 Å². The maximum atomic E-state index is 5.42. The second kappa shape index (κ2) is 5.92.